The minimum atomic E-state index is -0.184. The SMILES string of the molecule is Cc1ccc(C(NN)C2CCOC2)cc1F. The monoisotopic (exact) mass is 224 g/mol. The first-order valence-electron chi connectivity index (χ1n) is 5.52. The van der Waals surface area contributed by atoms with Crippen LogP contribution in [0.5, 0.6) is 0 Å². The highest BCUT2D eigenvalue weighted by Crippen LogP contribution is 2.28. The lowest BCUT2D eigenvalue weighted by atomic mass is 9.92. The summed E-state index contributed by atoms with van der Waals surface area (Å²) >= 11 is 0. The van der Waals surface area contributed by atoms with E-state index in [0.717, 1.165) is 18.6 Å². The van der Waals surface area contributed by atoms with Gasteiger partial charge in [-0.2, -0.15) is 0 Å². The van der Waals surface area contributed by atoms with Gasteiger partial charge in [-0.25, -0.2) is 4.39 Å². The van der Waals surface area contributed by atoms with Crippen LogP contribution in [0.3, 0.4) is 0 Å². The van der Waals surface area contributed by atoms with E-state index in [9.17, 15) is 4.39 Å². The van der Waals surface area contributed by atoms with Crippen LogP contribution in [0.1, 0.15) is 23.6 Å². The summed E-state index contributed by atoms with van der Waals surface area (Å²) in [7, 11) is 0. The van der Waals surface area contributed by atoms with E-state index in [4.69, 9.17) is 10.6 Å². The molecule has 0 aromatic heterocycles. The Kier molecular flexibility index (Phi) is 3.53. The Balaban J connectivity index is 2.22. The molecular weight excluding hydrogens is 207 g/mol. The summed E-state index contributed by atoms with van der Waals surface area (Å²) < 4.78 is 18.8. The summed E-state index contributed by atoms with van der Waals surface area (Å²) in [5, 5.41) is 0. The third-order valence-corrected chi connectivity index (χ3v) is 3.17. The van der Waals surface area contributed by atoms with Crippen molar-refractivity contribution >= 4 is 0 Å². The zero-order chi connectivity index (χ0) is 11.5. The van der Waals surface area contributed by atoms with Crippen LogP contribution in [0.25, 0.3) is 0 Å². The van der Waals surface area contributed by atoms with E-state index in [0.29, 0.717) is 18.1 Å². The van der Waals surface area contributed by atoms with Crippen molar-refractivity contribution in [3.05, 3.63) is 35.1 Å². The van der Waals surface area contributed by atoms with Gasteiger partial charge in [0.05, 0.1) is 12.6 Å². The Labute approximate surface area is 94.8 Å². The predicted molar refractivity (Wildman–Crippen MR) is 60.1 cm³/mol. The number of hydrogen-bond acceptors (Lipinski definition) is 3. The number of hydrazine groups is 1. The lowest BCUT2D eigenvalue weighted by Crippen LogP contribution is -2.34. The summed E-state index contributed by atoms with van der Waals surface area (Å²) in [6.45, 7) is 3.20. The van der Waals surface area contributed by atoms with E-state index in [1.165, 1.54) is 0 Å². The van der Waals surface area contributed by atoms with E-state index in [1.807, 2.05) is 6.07 Å². The molecule has 0 bridgehead atoms. The average Bonchev–Trinajstić information content (AvgIpc) is 2.78. The van der Waals surface area contributed by atoms with Crippen molar-refractivity contribution < 1.29 is 9.13 Å². The maximum atomic E-state index is 13.5. The maximum Gasteiger partial charge on any atom is 0.126 e. The molecule has 1 heterocycles. The van der Waals surface area contributed by atoms with Gasteiger partial charge in [0, 0.05) is 12.5 Å². The molecule has 16 heavy (non-hydrogen) atoms. The second kappa shape index (κ2) is 4.91. The first-order valence-corrected chi connectivity index (χ1v) is 5.52. The largest absolute Gasteiger partial charge is 0.381 e. The number of nitrogens with two attached hydrogens (primary N) is 1. The molecule has 1 aliphatic rings. The Morgan fingerprint density at radius 2 is 2.38 bits per heavy atom. The topological polar surface area (TPSA) is 47.3 Å². The number of benzene rings is 1. The first-order chi connectivity index (χ1) is 7.72. The van der Waals surface area contributed by atoms with Crippen molar-refractivity contribution in [1.82, 2.24) is 5.43 Å². The molecular formula is C12H17FN2O. The maximum absolute atomic E-state index is 13.5. The lowest BCUT2D eigenvalue weighted by Gasteiger charge is -2.22. The fraction of sp³-hybridized carbons (Fsp3) is 0.500. The standard InChI is InChI=1S/C12H17FN2O/c1-8-2-3-9(6-11(8)13)12(15-14)10-4-5-16-7-10/h2-3,6,10,12,15H,4-5,7,14H2,1H3. The molecule has 0 amide bonds. The Morgan fingerprint density at radius 3 is 2.94 bits per heavy atom. The zero-order valence-electron chi connectivity index (χ0n) is 9.37. The molecule has 1 aromatic carbocycles. The quantitative estimate of drug-likeness (QED) is 0.606. The third-order valence-electron chi connectivity index (χ3n) is 3.17. The molecule has 4 heteroatoms. The number of hydrogen-bond donors (Lipinski definition) is 2. The van der Waals surface area contributed by atoms with Gasteiger partial charge in [-0.1, -0.05) is 12.1 Å². The van der Waals surface area contributed by atoms with Gasteiger partial charge in [-0.05, 0) is 30.5 Å². The minimum Gasteiger partial charge on any atom is -0.381 e. The Morgan fingerprint density at radius 1 is 1.56 bits per heavy atom. The van der Waals surface area contributed by atoms with Gasteiger partial charge in [0.1, 0.15) is 5.82 Å². The zero-order valence-corrected chi connectivity index (χ0v) is 9.37. The number of halogens is 1. The molecule has 2 atom stereocenters. The number of nitrogens with one attached hydrogen (secondary N) is 1. The van der Waals surface area contributed by atoms with E-state index in [-0.39, 0.29) is 11.9 Å². The number of rotatable bonds is 3. The van der Waals surface area contributed by atoms with Gasteiger partial charge < -0.3 is 4.74 Å². The third kappa shape index (κ3) is 2.24. The van der Waals surface area contributed by atoms with Gasteiger partial charge >= 0.3 is 0 Å². The highest BCUT2D eigenvalue weighted by Gasteiger charge is 2.26. The van der Waals surface area contributed by atoms with E-state index in [1.54, 1.807) is 19.1 Å². The van der Waals surface area contributed by atoms with Gasteiger partial charge in [-0.3, -0.25) is 11.3 Å². The van der Waals surface area contributed by atoms with Crippen molar-refractivity contribution in [2.24, 2.45) is 11.8 Å². The van der Waals surface area contributed by atoms with Crippen molar-refractivity contribution in [3.8, 4) is 0 Å². The molecule has 2 unspecified atom stereocenters. The fourth-order valence-electron chi connectivity index (χ4n) is 2.12. The highest BCUT2D eigenvalue weighted by atomic mass is 19.1. The summed E-state index contributed by atoms with van der Waals surface area (Å²) in [6, 6.07) is 5.22. The number of aryl methyl sites for hydroxylation is 1. The second-order valence-electron chi connectivity index (χ2n) is 4.28. The molecule has 88 valence electrons. The molecule has 3 nitrogen and oxygen atoms in total. The normalized spacial score (nSPS) is 22.3. The van der Waals surface area contributed by atoms with Gasteiger partial charge in [0.2, 0.25) is 0 Å². The van der Waals surface area contributed by atoms with Crippen molar-refractivity contribution in [3.63, 3.8) is 0 Å². The smallest absolute Gasteiger partial charge is 0.126 e. The van der Waals surface area contributed by atoms with Crippen LogP contribution >= 0.6 is 0 Å². The van der Waals surface area contributed by atoms with Crippen molar-refractivity contribution in [2.45, 2.75) is 19.4 Å². The van der Waals surface area contributed by atoms with E-state index in [2.05, 4.69) is 5.43 Å². The molecule has 2 rings (SSSR count). The first kappa shape index (κ1) is 11.5. The van der Waals surface area contributed by atoms with Crippen LogP contribution in [0.4, 0.5) is 4.39 Å². The molecule has 0 spiro atoms. The molecule has 0 saturated carbocycles. The summed E-state index contributed by atoms with van der Waals surface area (Å²) in [5.74, 6) is 5.69. The average molecular weight is 224 g/mol. The van der Waals surface area contributed by atoms with Gasteiger partial charge in [0.25, 0.3) is 0 Å². The number of ether oxygens (including phenoxy) is 1. The van der Waals surface area contributed by atoms with Gasteiger partial charge in [0.15, 0.2) is 0 Å². The Bertz CT molecular complexity index is 364. The molecule has 1 aliphatic heterocycles. The predicted octanol–water partition coefficient (Wildman–Crippen LogP) is 1.68. The lowest BCUT2D eigenvalue weighted by molar-refractivity contribution is 0.176. The summed E-state index contributed by atoms with van der Waals surface area (Å²) in [4.78, 5) is 0. The van der Waals surface area contributed by atoms with Crippen LogP contribution < -0.4 is 11.3 Å². The van der Waals surface area contributed by atoms with E-state index < -0.39 is 0 Å². The Hall–Kier alpha value is -0.970. The fourth-order valence-corrected chi connectivity index (χ4v) is 2.12. The van der Waals surface area contributed by atoms with Crippen LogP contribution in [0, 0.1) is 18.7 Å². The molecule has 3 N–H and O–H groups in total. The van der Waals surface area contributed by atoms with Gasteiger partial charge in [-0.15, -0.1) is 0 Å². The van der Waals surface area contributed by atoms with Crippen LogP contribution in [0.15, 0.2) is 18.2 Å². The van der Waals surface area contributed by atoms with Crippen molar-refractivity contribution in [1.29, 1.82) is 0 Å². The van der Waals surface area contributed by atoms with Crippen LogP contribution in [-0.4, -0.2) is 13.2 Å². The molecule has 0 aliphatic carbocycles. The molecule has 0 radical (unpaired) electrons. The van der Waals surface area contributed by atoms with E-state index >= 15 is 0 Å². The highest BCUT2D eigenvalue weighted by molar-refractivity contribution is 5.26. The van der Waals surface area contributed by atoms with Crippen LogP contribution in [-0.2, 0) is 4.74 Å². The second-order valence-corrected chi connectivity index (χ2v) is 4.28. The molecule has 1 saturated heterocycles. The van der Waals surface area contributed by atoms with Crippen molar-refractivity contribution in [2.75, 3.05) is 13.2 Å². The summed E-state index contributed by atoms with van der Waals surface area (Å²) in [6.07, 6.45) is 0.963. The minimum absolute atomic E-state index is 0.0300. The molecule has 1 aromatic rings. The van der Waals surface area contributed by atoms with Crippen LogP contribution in [0.2, 0.25) is 0 Å². The molecule has 1 fully saturated rings. The summed E-state index contributed by atoms with van der Waals surface area (Å²) in [5.41, 5.74) is 4.31.